The van der Waals surface area contributed by atoms with E-state index in [9.17, 15) is 0 Å². The molecule has 0 aliphatic carbocycles. The molecule has 0 radical (unpaired) electrons. The Hall–Kier alpha value is -0.910. The Balaban J connectivity index is 0.00000110. The Kier molecular flexibility index (Phi) is 3.37. The fourth-order valence-corrected chi connectivity index (χ4v) is 4.03. The fraction of sp³-hybridized carbons (Fsp3) is 0.500. The summed E-state index contributed by atoms with van der Waals surface area (Å²) in [5.74, 6) is 0.727. The number of halogens is 1. The SMILES string of the molecule is Brc1cccc(C2NN=C3C4CCN(CC4)C32)c1.O. The maximum absolute atomic E-state index is 4.64. The van der Waals surface area contributed by atoms with Crippen molar-refractivity contribution >= 4 is 21.6 Å². The van der Waals surface area contributed by atoms with E-state index in [1.807, 2.05) is 0 Å². The number of benzene rings is 1. The smallest absolute Gasteiger partial charge is 0.0899 e. The van der Waals surface area contributed by atoms with Gasteiger partial charge >= 0.3 is 0 Å². The monoisotopic (exact) mass is 323 g/mol. The number of fused-ring (bicyclic) bond motifs is 2. The predicted octanol–water partition coefficient (Wildman–Crippen LogP) is 1.72. The first-order chi connectivity index (χ1) is 8.83. The minimum atomic E-state index is 0. The summed E-state index contributed by atoms with van der Waals surface area (Å²) in [5, 5.41) is 4.64. The summed E-state index contributed by atoms with van der Waals surface area (Å²) in [6.45, 7) is 2.47. The Bertz CT molecular complexity index is 511. The average molecular weight is 324 g/mol. The van der Waals surface area contributed by atoms with Crippen molar-refractivity contribution in [1.82, 2.24) is 10.3 Å². The van der Waals surface area contributed by atoms with Gasteiger partial charge in [-0.3, -0.25) is 4.90 Å². The summed E-state index contributed by atoms with van der Waals surface area (Å²) in [5.41, 5.74) is 6.10. The second-order valence-corrected chi connectivity index (χ2v) is 6.37. The maximum atomic E-state index is 4.64. The van der Waals surface area contributed by atoms with E-state index in [1.165, 1.54) is 37.2 Å². The largest absolute Gasteiger partial charge is 0.412 e. The number of nitrogens with one attached hydrogen (secondary N) is 1. The Labute approximate surface area is 121 Å². The first-order valence-corrected chi connectivity index (χ1v) is 7.45. The van der Waals surface area contributed by atoms with Gasteiger partial charge in [0.1, 0.15) is 0 Å². The lowest BCUT2D eigenvalue weighted by atomic mass is 9.78. The highest BCUT2D eigenvalue weighted by molar-refractivity contribution is 9.10. The van der Waals surface area contributed by atoms with Gasteiger partial charge in [-0.2, -0.15) is 5.10 Å². The average Bonchev–Trinajstić information content (AvgIpc) is 2.87. The van der Waals surface area contributed by atoms with Crippen LogP contribution in [0.25, 0.3) is 0 Å². The molecule has 5 heteroatoms. The molecule has 19 heavy (non-hydrogen) atoms. The summed E-state index contributed by atoms with van der Waals surface area (Å²) in [6.07, 6.45) is 2.59. The van der Waals surface area contributed by atoms with Gasteiger partial charge < -0.3 is 10.9 Å². The molecule has 3 saturated heterocycles. The van der Waals surface area contributed by atoms with E-state index in [4.69, 9.17) is 0 Å². The number of rotatable bonds is 1. The number of piperidine rings is 3. The van der Waals surface area contributed by atoms with Crippen molar-refractivity contribution in [3.05, 3.63) is 34.3 Å². The molecule has 0 saturated carbocycles. The molecular weight excluding hydrogens is 306 g/mol. The highest BCUT2D eigenvalue weighted by Crippen LogP contribution is 2.39. The van der Waals surface area contributed by atoms with Gasteiger partial charge in [-0.25, -0.2) is 0 Å². The van der Waals surface area contributed by atoms with Gasteiger partial charge in [0.2, 0.25) is 0 Å². The van der Waals surface area contributed by atoms with Crippen molar-refractivity contribution < 1.29 is 5.48 Å². The van der Waals surface area contributed by atoms with E-state index in [0.717, 1.165) is 10.4 Å². The van der Waals surface area contributed by atoms with Crippen molar-refractivity contribution in [3.63, 3.8) is 0 Å². The number of nitrogens with zero attached hydrogens (tertiary/aromatic N) is 2. The molecule has 4 aliphatic rings. The van der Waals surface area contributed by atoms with Crippen LogP contribution in [0.1, 0.15) is 24.4 Å². The van der Waals surface area contributed by atoms with Gasteiger partial charge in [-0.15, -0.1) is 0 Å². The lowest BCUT2D eigenvalue weighted by Gasteiger charge is -2.45. The Morgan fingerprint density at radius 3 is 2.79 bits per heavy atom. The molecule has 1 aromatic rings. The molecule has 0 amide bonds. The van der Waals surface area contributed by atoms with Crippen LogP contribution in [0.15, 0.2) is 33.8 Å². The zero-order chi connectivity index (χ0) is 12.1. The normalized spacial score (nSPS) is 35.1. The van der Waals surface area contributed by atoms with Crippen LogP contribution in [0.4, 0.5) is 0 Å². The van der Waals surface area contributed by atoms with Crippen molar-refractivity contribution in [1.29, 1.82) is 0 Å². The van der Waals surface area contributed by atoms with Crippen molar-refractivity contribution in [3.8, 4) is 0 Å². The maximum Gasteiger partial charge on any atom is 0.0899 e. The molecule has 102 valence electrons. The van der Waals surface area contributed by atoms with Gasteiger partial charge in [-0.05, 0) is 43.6 Å². The third-order valence-corrected chi connectivity index (χ3v) is 4.99. The molecule has 3 fully saturated rings. The van der Waals surface area contributed by atoms with Gasteiger partial charge in [0.15, 0.2) is 0 Å². The van der Waals surface area contributed by atoms with E-state index >= 15 is 0 Å². The van der Waals surface area contributed by atoms with E-state index in [2.05, 4.69) is 55.6 Å². The van der Waals surface area contributed by atoms with Gasteiger partial charge in [0.25, 0.3) is 0 Å². The van der Waals surface area contributed by atoms with Crippen LogP contribution in [0.5, 0.6) is 0 Å². The lowest BCUT2D eigenvalue weighted by Crippen LogP contribution is -2.56. The molecular formula is C14H18BrN3O. The zero-order valence-corrected chi connectivity index (χ0v) is 12.2. The van der Waals surface area contributed by atoms with Crippen molar-refractivity contribution in [2.24, 2.45) is 11.0 Å². The minimum Gasteiger partial charge on any atom is -0.412 e. The van der Waals surface area contributed by atoms with E-state index in [-0.39, 0.29) is 5.48 Å². The van der Waals surface area contributed by atoms with Crippen LogP contribution in [0, 0.1) is 5.92 Å². The second-order valence-electron chi connectivity index (χ2n) is 5.45. The lowest BCUT2D eigenvalue weighted by molar-refractivity contribution is 0.133. The zero-order valence-electron chi connectivity index (χ0n) is 10.6. The number of hydrogen-bond donors (Lipinski definition) is 1. The van der Waals surface area contributed by atoms with Crippen LogP contribution >= 0.6 is 15.9 Å². The molecule has 2 bridgehead atoms. The fourth-order valence-electron chi connectivity index (χ4n) is 3.61. The predicted molar refractivity (Wildman–Crippen MR) is 79.2 cm³/mol. The van der Waals surface area contributed by atoms with E-state index < -0.39 is 0 Å². The highest BCUT2D eigenvalue weighted by atomic mass is 79.9. The van der Waals surface area contributed by atoms with Crippen LogP contribution in [-0.4, -0.2) is 35.2 Å². The summed E-state index contributed by atoms with van der Waals surface area (Å²) < 4.78 is 1.14. The quantitative estimate of drug-likeness (QED) is 0.855. The Morgan fingerprint density at radius 2 is 2.05 bits per heavy atom. The highest BCUT2D eigenvalue weighted by Gasteiger charge is 2.46. The van der Waals surface area contributed by atoms with Crippen LogP contribution < -0.4 is 5.43 Å². The molecule has 1 aromatic carbocycles. The molecule has 4 nitrogen and oxygen atoms in total. The van der Waals surface area contributed by atoms with Crippen LogP contribution in [0.3, 0.4) is 0 Å². The standard InChI is InChI=1S/C14H16BrN3.H2O/c15-11-3-1-2-10(8-11)13-14-12(16-17-13)9-4-6-18(14)7-5-9;/h1-3,8-9,13-14,17H,4-7H2;1H2. The molecule has 4 aliphatic heterocycles. The van der Waals surface area contributed by atoms with Crippen molar-refractivity contribution in [2.75, 3.05) is 13.1 Å². The Morgan fingerprint density at radius 1 is 1.26 bits per heavy atom. The summed E-state index contributed by atoms with van der Waals surface area (Å²) in [6, 6.07) is 9.42. The molecule has 2 atom stereocenters. The van der Waals surface area contributed by atoms with Crippen LogP contribution in [-0.2, 0) is 0 Å². The minimum absolute atomic E-state index is 0. The molecule has 0 spiro atoms. The number of hydrazone groups is 1. The first-order valence-electron chi connectivity index (χ1n) is 6.65. The number of hydrogen-bond acceptors (Lipinski definition) is 3. The molecule has 5 rings (SSSR count). The van der Waals surface area contributed by atoms with E-state index in [1.54, 1.807) is 0 Å². The summed E-state index contributed by atoms with van der Waals surface area (Å²) >= 11 is 3.56. The molecule has 0 aromatic heterocycles. The van der Waals surface area contributed by atoms with Crippen LogP contribution in [0.2, 0.25) is 0 Å². The summed E-state index contributed by atoms with van der Waals surface area (Å²) in [4.78, 5) is 2.60. The molecule has 4 heterocycles. The molecule has 3 N–H and O–H groups in total. The van der Waals surface area contributed by atoms with Gasteiger partial charge in [0.05, 0.1) is 17.8 Å². The van der Waals surface area contributed by atoms with E-state index in [0.29, 0.717) is 12.1 Å². The first kappa shape index (κ1) is 13.1. The molecule has 2 unspecified atom stereocenters. The summed E-state index contributed by atoms with van der Waals surface area (Å²) in [7, 11) is 0. The van der Waals surface area contributed by atoms with Gasteiger partial charge in [-0.1, -0.05) is 28.1 Å². The topological polar surface area (TPSA) is 59.1 Å². The van der Waals surface area contributed by atoms with Crippen molar-refractivity contribution in [2.45, 2.75) is 24.9 Å². The third-order valence-electron chi connectivity index (χ3n) is 4.50. The van der Waals surface area contributed by atoms with Gasteiger partial charge in [0, 0.05) is 10.4 Å². The second kappa shape index (κ2) is 4.89. The third kappa shape index (κ3) is 2.00.